The quantitative estimate of drug-likeness (QED) is 0.763. The van der Waals surface area contributed by atoms with Crippen LogP contribution < -0.4 is 0 Å². The summed E-state index contributed by atoms with van der Waals surface area (Å²) in [6, 6.07) is -0.233. The van der Waals surface area contributed by atoms with Crippen molar-refractivity contribution in [1.82, 2.24) is 14.7 Å². The van der Waals surface area contributed by atoms with Crippen LogP contribution in [0.25, 0.3) is 0 Å². The van der Waals surface area contributed by atoms with Gasteiger partial charge in [0.1, 0.15) is 6.54 Å². The van der Waals surface area contributed by atoms with Crippen molar-refractivity contribution in [3.8, 4) is 0 Å². The van der Waals surface area contributed by atoms with Gasteiger partial charge in [0.2, 0.25) is 0 Å². The molecule has 1 saturated heterocycles. The summed E-state index contributed by atoms with van der Waals surface area (Å²) in [5, 5.41) is 8.85. The van der Waals surface area contributed by atoms with Gasteiger partial charge in [-0.05, 0) is 20.9 Å². The number of carbonyl (C=O) groups excluding carboxylic acids is 1. The fourth-order valence-electron chi connectivity index (χ4n) is 2.13. The van der Waals surface area contributed by atoms with E-state index in [1.165, 1.54) is 4.90 Å². The van der Waals surface area contributed by atoms with Gasteiger partial charge in [-0.25, -0.2) is 4.79 Å². The van der Waals surface area contributed by atoms with Crippen molar-refractivity contribution in [3.63, 3.8) is 0 Å². The van der Waals surface area contributed by atoms with Crippen molar-refractivity contribution in [3.05, 3.63) is 12.7 Å². The van der Waals surface area contributed by atoms with E-state index in [2.05, 4.69) is 25.3 Å². The van der Waals surface area contributed by atoms with Crippen LogP contribution in [-0.2, 0) is 4.79 Å². The Morgan fingerprint density at radius 1 is 1.42 bits per heavy atom. The molecule has 1 N–H and O–H groups in total. The Labute approximate surface area is 114 Å². The van der Waals surface area contributed by atoms with Crippen molar-refractivity contribution in [2.24, 2.45) is 0 Å². The van der Waals surface area contributed by atoms with E-state index in [4.69, 9.17) is 5.11 Å². The van der Waals surface area contributed by atoms with E-state index < -0.39 is 5.97 Å². The number of carboxylic acids is 1. The van der Waals surface area contributed by atoms with Crippen LogP contribution in [0.5, 0.6) is 0 Å². The molecule has 1 rings (SSSR count). The molecule has 0 aliphatic carbocycles. The Morgan fingerprint density at radius 3 is 2.53 bits per heavy atom. The molecule has 0 aromatic carbocycles. The average molecular weight is 269 g/mol. The highest BCUT2D eigenvalue weighted by Gasteiger charge is 2.34. The summed E-state index contributed by atoms with van der Waals surface area (Å²) < 4.78 is 0. The molecule has 1 aliphatic rings. The number of urea groups is 1. The van der Waals surface area contributed by atoms with E-state index in [1.807, 2.05) is 7.05 Å². The first kappa shape index (κ1) is 15.5. The summed E-state index contributed by atoms with van der Waals surface area (Å²) in [5.41, 5.74) is -0.100. The zero-order valence-electron chi connectivity index (χ0n) is 11.9. The Hall–Kier alpha value is -1.56. The molecule has 1 heterocycles. The van der Waals surface area contributed by atoms with Crippen LogP contribution in [0.1, 0.15) is 13.8 Å². The lowest BCUT2D eigenvalue weighted by Gasteiger charge is -2.46. The smallest absolute Gasteiger partial charge is 0.323 e. The first-order valence-corrected chi connectivity index (χ1v) is 6.35. The highest BCUT2D eigenvalue weighted by molar-refractivity contribution is 5.80. The number of carbonyl (C=O) groups is 2. The predicted octanol–water partition coefficient (Wildman–Crippen LogP) is 0.705. The second kappa shape index (κ2) is 6.06. The number of rotatable bonds is 4. The third-order valence-electron chi connectivity index (χ3n) is 3.53. The van der Waals surface area contributed by atoms with Crippen molar-refractivity contribution in [2.45, 2.75) is 19.4 Å². The molecule has 0 spiro atoms. The van der Waals surface area contributed by atoms with Crippen LogP contribution in [0, 0.1) is 0 Å². The van der Waals surface area contributed by atoms with Gasteiger partial charge < -0.3 is 14.9 Å². The number of nitrogens with zero attached hydrogens (tertiary/aromatic N) is 3. The lowest BCUT2D eigenvalue weighted by atomic mass is 10.00. The molecule has 0 bridgehead atoms. The van der Waals surface area contributed by atoms with Crippen LogP contribution >= 0.6 is 0 Å². The van der Waals surface area contributed by atoms with E-state index in [0.717, 1.165) is 6.54 Å². The molecule has 6 nitrogen and oxygen atoms in total. The van der Waals surface area contributed by atoms with Gasteiger partial charge in [0.15, 0.2) is 0 Å². The van der Waals surface area contributed by atoms with Gasteiger partial charge in [-0.3, -0.25) is 9.69 Å². The second-order valence-corrected chi connectivity index (χ2v) is 5.50. The molecule has 6 heteroatoms. The molecule has 1 fully saturated rings. The Balaban J connectivity index is 2.74. The normalized spacial score (nSPS) is 19.0. The molecule has 0 unspecified atom stereocenters. The number of hydrogen-bond donors (Lipinski definition) is 1. The maximum atomic E-state index is 12.3. The molecule has 1 aliphatic heterocycles. The third-order valence-corrected chi connectivity index (χ3v) is 3.53. The molecular formula is C13H23N3O3. The summed E-state index contributed by atoms with van der Waals surface area (Å²) in [6.07, 6.45) is 1.54. The number of hydrogen-bond acceptors (Lipinski definition) is 3. The van der Waals surface area contributed by atoms with Gasteiger partial charge in [0.05, 0.1) is 0 Å². The van der Waals surface area contributed by atoms with Crippen molar-refractivity contribution in [2.75, 3.05) is 39.8 Å². The Morgan fingerprint density at radius 2 is 2.05 bits per heavy atom. The van der Waals surface area contributed by atoms with E-state index in [1.54, 1.807) is 11.0 Å². The van der Waals surface area contributed by atoms with Crippen LogP contribution in [-0.4, -0.2) is 77.1 Å². The maximum Gasteiger partial charge on any atom is 0.323 e. The zero-order chi connectivity index (χ0) is 14.6. The molecule has 0 aromatic heterocycles. The molecule has 0 aromatic rings. The van der Waals surface area contributed by atoms with Crippen molar-refractivity contribution in [1.29, 1.82) is 0 Å². The molecule has 2 amide bonds. The standard InChI is InChI=1S/C13H23N3O3/c1-5-6-15(9-11(17)18)12(19)16-8-7-14(4)13(2,3)10-16/h5H,1,6-10H2,2-4H3,(H,17,18). The predicted molar refractivity (Wildman–Crippen MR) is 73.1 cm³/mol. The van der Waals surface area contributed by atoms with Crippen LogP contribution in [0.3, 0.4) is 0 Å². The van der Waals surface area contributed by atoms with Crippen molar-refractivity contribution >= 4 is 12.0 Å². The molecular weight excluding hydrogens is 246 g/mol. The van der Waals surface area contributed by atoms with Gasteiger partial charge in [0.25, 0.3) is 0 Å². The van der Waals surface area contributed by atoms with Gasteiger partial charge in [-0.15, -0.1) is 6.58 Å². The highest BCUT2D eigenvalue weighted by atomic mass is 16.4. The maximum absolute atomic E-state index is 12.3. The monoisotopic (exact) mass is 269 g/mol. The highest BCUT2D eigenvalue weighted by Crippen LogP contribution is 2.19. The fraction of sp³-hybridized carbons (Fsp3) is 0.692. The summed E-state index contributed by atoms with van der Waals surface area (Å²) >= 11 is 0. The minimum absolute atomic E-state index is 0.100. The van der Waals surface area contributed by atoms with E-state index in [-0.39, 0.29) is 24.7 Å². The topological polar surface area (TPSA) is 64.1 Å². The summed E-state index contributed by atoms with van der Waals surface area (Å²) in [4.78, 5) is 28.4. The number of carboxylic acid groups (broad SMARTS) is 1. The second-order valence-electron chi connectivity index (χ2n) is 5.50. The first-order chi connectivity index (χ1) is 8.77. The van der Waals surface area contributed by atoms with E-state index >= 15 is 0 Å². The largest absolute Gasteiger partial charge is 0.480 e. The van der Waals surface area contributed by atoms with Gasteiger partial charge in [0, 0.05) is 31.7 Å². The summed E-state index contributed by atoms with van der Waals surface area (Å²) in [6.45, 7) is 9.65. The lowest BCUT2D eigenvalue weighted by Crippen LogP contribution is -2.61. The van der Waals surface area contributed by atoms with Crippen LogP contribution in [0.4, 0.5) is 4.79 Å². The molecule has 0 atom stereocenters. The van der Waals surface area contributed by atoms with Crippen LogP contribution in [0.2, 0.25) is 0 Å². The zero-order valence-corrected chi connectivity index (χ0v) is 11.9. The third kappa shape index (κ3) is 3.96. The number of likely N-dealkylation sites (N-methyl/N-ethyl adjacent to an activating group) is 1. The number of piperazine rings is 1. The number of aliphatic carboxylic acids is 1. The number of amides is 2. The molecule has 0 saturated carbocycles. The Bertz CT molecular complexity index is 368. The summed E-state index contributed by atoms with van der Waals surface area (Å²) in [7, 11) is 2.03. The lowest BCUT2D eigenvalue weighted by molar-refractivity contribution is -0.137. The van der Waals surface area contributed by atoms with Crippen LogP contribution in [0.15, 0.2) is 12.7 Å². The minimum atomic E-state index is -1.01. The van der Waals surface area contributed by atoms with Gasteiger partial charge in [-0.1, -0.05) is 6.08 Å². The fourth-order valence-corrected chi connectivity index (χ4v) is 2.13. The minimum Gasteiger partial charge on any atom is -0.480 e. The van der Waals surface area contributed by atoms with Gasteiger partial charge >= 0.3 is 12.0 Å². The van der Waals surface area contributed by atoms with Gasteiger partial charge in [-0.2, -0.15) is 0 Å². The van der Waals surface area contributed by atoms with E-state index in [0.29, 0.717) is 13.1 Å². The van der Waals surface area contributed by atoms with Crippen molar-refractivity contribution < 1.29 is 14.7 Å². The SMILES string of the molecule is C=CCN(CC(=O)O)C(=O)N1CCN(C)C(C)(C)C1. The molecule has 108 valence electrons. The molecule has 0 radical (unpaired) electrons. The average Bonchev–Trinajstić information content (AvgIpc) is 2.30. The summed E-state index contributed by atoms with van der Waals surface area (Å²) in [5.74, 6) is -1.01. The Kier molecular flexibility index (Phi) is 4.94. The van der Waals surface area contributed by atoms with E-state index in [9.17, 15) is 9.59 Å². The molecule has 19 heavy (non-hydrogen) atoms. The first-order valence-electron chi connectivity index (χ1n) is 6.35.